The molecule has 156 valence electrons. The average molecular weight is 408 g/mol. The van der Waals surface area contributed by atoms with Gasteiger partial charge < -0.3 is 20.5 Å². The van der Waals surface area contributed by atoms with Gasteiger partial charge in [0.2, 0.25) is 5.91 Å². The lowest BCUT2D eigenvalue weighted by Crippen LogP contribution is -2.43. The van der Waals surface area contributed by atoms with Gasteiger partial charge in [-0.25, -0.2) is 9.59 Å². The van der Waals surface area contributed by atoms with E-state index in [1.807, 2.05) is 36.4 Å². The molecule has 0 aromatic heterocycles. The molecule has 0 spiro atoms. The third kappa shape index (κ3) is 4.45. The van der Waals surface area contributed by atoms with Crippen LogP contribution in [-0.2, 0) is 19.1 Å². The second kappa shape index (κ2) is 8.57. The summed E-state index contributed by atoms with van der Waals surface area (Å²) in [5, 5.41) is 2.53. The summed E-state index contributed by atoms with van der Waals surface area (Å²) in [6.07, 6.45) is 0.856. The molecule has 0 aliphatic heterocycles. The predicted molar refractivity (Wildman–Crippen MR) is 110 cm³/mol. The van der Waals surface area contributed by atoms with Crippen LogP contribution in [0.15, 0.2) is 48.5 Å². The van der Waals surface area contributed by atoms with Crippen molar-refractivity contribution in [3.8, 4) is 11.1 Å². The summed E-state index contributed by atoms with van der Waals surface area (Å²) < 4.78 is 10.7. The van der Waals surface area contributed by atoms with Gasteiger partial charge >= 0.3 is 12.1 Å². The van der Waals surface area contributed by atoms with Gasteiger partial charge in [0.1, 0.15) is 18.8 Å². The van der Waals surface area contributed by atoms with E-state index >= 15 is 0 Å². The lowest BCUT2D eigenvalue weighted by atomic mass is 9.98. The third-order valence-electron chi connectivity index (χ3n) is 5.41. The Bertz CT molecular complexity index is 924. The fourth-order valence-corrected chi connectivity index (χ4v) is 3.75. The van der Waals surface area contributed by atoms with Gasteiger partial charge in [-0.1, -0.05) is 48.5 Å². The summed E-state index contributed by atoms with van der Waals surface area (Å²) in [5.74, 6) is -1.19. The first-order chi connectivity index (χ1) is 14.5. The van der Waals surface area contributed by atoms with E-state index in [1.54, 1.807) is 0 Å². The number of rotatable bonds is 8. The number of primary amides is 1. The van der Waals surface area contributed by atoms with Crippen LogP contribution in [0, 0.1) is 0 Å². The van der Waals surface area contributed by atoms with E-state index in [9.17, 15) is 14.4 Å². The smallest absolute Gasteiger partial charge is 0.407 e. The molecule has 0 unspecified atom stereocenters. The Labute approximate surface area is 174 Å². The van der Waals surface area contributed by atoms with E-state index in [1.165, 1.54) is 0 Å². The second-order valence-electron chi connectivity index (χ2n) is 7.66. The Kier molecular flexibility index (Phi) is 5.70. The first-order valence-corrected chi connectivity index (χ1v) is 10.1. The summed E-state index contributed by atoms with van der Waals surface area (Å²) in [5.41, 5.74) is 9.65. The molecular formula is C23H24N2O5. The molecule has 1 atom stereocenters. The quantitative estimate of drug-likeness (QED) is 0.653. The molecule has 0 radical (unpaired) electrons. The number of esters is 1. The number of nitrogens with two attached hydrogens (primary N) is 1. The molecule has 3 N–H and O–H groups in total. The minimum absolute atomic E-state index is 0.0336. The Hall–Kier alpha value is -3.35. The molecule has 7 heteroatoms. The van der Waals surface area contributed by atoms with E-state index in [0.29, 0.717) is 0 Å². The van der Waals surface area contributed by atoms with Crippen molar-refractivity contribution in [2.75, 3.05) is 6.61 Å². The van der Waals surface area contributed by atoms with Crippen molar-refractivity contribution in [2.45, 2.75) is 43.7 Å². The first kappa shape index (κ1) is 19.9. The minimum Gasteiger partial charge on any atom is -0.461 e. The van der Waals surface area contributed by atoms with Crippen molar-refractivity contribution in [2.24, 2.45) is 5.73 Å². The summed E-state index contributed by atoms with van der Waals surface area (Å²) in [7, 11) is 0. The number of alkyl carbamates (subject to hydrolysis) is 1. The maximum atomic E-state index is 12.4. The molecule has 1 fully saturated rings. The highest BCUT2D eigenvalue weighted by Crippen LogP contribution is 2.44. The summed E-state index contributed by atoms with van der Waals surface area (Å²) in [6, 6.07) is 15.1. The number of hydrogen-bond donors (Lipinski definition) is 2. The summed E-state index contributed by atoms with van der Waals surface area (Å²) in [6.45, 7) is 0.139. The number of benzene rings is 2. The van der Waals surface area contributed by atoms with E-state index in [-0.39, 0.29) is 31.5 Å². The molecule has 2 aliphatic rings. The number of ether oxygens (including phenoxy) is 2. The molecule has 2 aromatic carbocycles. The monoisotopic (exact) mass is 408 g/mol. The Morgan fingerprint density at radius 1 is 1.00 bits per heavy atom. The van der Waals surface area contributed by atoms with Gasteiger partial charge in [-0.3, -0.25) is 4.79 Å². The van der Waals surface area contributed by atoms with Gasteiger partial charge in [0.15, 0.2) is 0 Å². The molecular weight excluding hydrogens is 384 g/mol. The van der Waals surface area contributed by atoms with Crippen LogP contribution in [0.2, 0.25) is 0 Å². The SMILES string of the molecule is NC(=O)CC[C@H](NC(=O)OCC1c2ccccc2-c2ccccc21)C(=O)OC1CC1. The van der Waals surface area contributed by atoms with Crippen LogP contribution in [0.5, 0.6) is 0 Å². The zero-order valence-corrected chi connectivity index (χ0v) is 16.5. The van der Waals surface area contributed by atoms with Crippen molar-refractivity contribution in [3.63, 3.8) is 0 Å². The summed E-state index contributed by atoms with van der Waals surface area (Å²) in [4.78, 5) is 35.8. The number of carbonyl (C=O) groups is 3. The maximum Gasteiger partial charge on any atom is 0.407 e. The van der Waals surface area contributed by atoms with Crippen LogP contribution in [0.4, 0.5) is 4.79 Å². The lowest BCUT2D eigenvalue weighted by Gasteiger charge is -2.19. The number of nitrogens with one attached hydrogen (secondary N) is 1. The highest BCUT2D eigenvalue weighted by Gasteiger charge is 2.32. The number of amides is 2. The number of carbonyl (C=O) groups excluding carboxylic acids is 3. The van der Waals surface area contributed by atoms with E-state index in [4.69, 9.17) is 15.2 Å². The Morgan fingerprint density at radius 3 is 2.17 bits per heavy atom. The average Bonchev–Trinajstić information content (AvgIpc) is 3.49. The van der Waals surface area contributed by atoms with Crippen LogP contribution in [0.1, 0.15) is 42.7 Å². The molecule has 2 amide bonds. The molecule has 0 bridgehead atoms. The number of hydrogen-bond acceptors (Lipinski definition) is 5. The minimum atomic E-state index is -0.964. The van der Waals surface area contributed by atoms with E-state index < -0.39 is 24.0 Å². The largest absolute Gasteiger partial charge is 0.461 e. The molecule has 1 saturated carbocycles. The van der Waals surface area contributed by atoms with Gasteiger partial charge in [0, 0.05) is 12.3 Å². The zero-order chi connectivity index (χ0) is 21.1. The fraction of sp³-hybridized carbons (Fsp3) is 0.348. The molecule has 7 nitrogen and oxygen atoms in total. The Balaban J connectivity index is 1.40. The summed E-state index contributed by atoms with van der Waals surface area (Å²) >= 11 is 0. The lowest BCUT2D eigenvalue weighted by molar-refractivity contribution is -0.147. The maximum absolute atomic E-state index is 12.4. The molecule has 4 rings (SSSR count). The van der Waals surface area contributed by atoms with Gasteiger partial charge in [-0.2, -0.15) is 0 Å². The van der Waals surface area contributed by atoms with Crippen LogP contribution in [0.3, 0.4) is 0 Å². The normalized spacial score (nSPS) is 15.6. The second-order valence-corrected chi connectivity index (χ2v) is 7.66. The molecule has 0 heterocycles. The highest BCUT2D eigenvalue weighted by molar-refractivity contribution is 5.83. The van der Waals surface area contributed by atoms with Gasteiger partial charge in [-0.15, -0.1) is 0 Å². The highest BCUT2D eigenvalue weighted by atomic mass is 16.6. The third-order valence-corrected chi connectivity index (χ3v) is 5.41. The Morgan fingerprint density at radius 2 is 1.60 bits per heavy atom. The molecule has 2 aromatic rings. The van der Waals surface area contributed by atoms with Crippen molar-refractivity contribution in [1.29, 1.82) is 0 Å². The van der Waals surface area contributed by atoms with Crippen LogP contribution in [0.25, 0.3) is 11.1 Å². The van der Waals surface area contributed by atoms with Crippen molar-refractivity contribution >= 4 is 18.0 Å². The van der Waals surface area contributed by atoms with Gasteiger partial charge in [-0.05, 0) is 41.5 Å². The van der Waals surface area contributed by atoms with Crippen molar-refractivity contribution < 1.29 is 23.9 Å². The van der Waals surface area contributed by atoms with Crippen LogP contribution < -0.4 is 11.1 Å². The van der Waals surface area contributed by atoms with Crippen molar-refractivity contribution in [3.05, 3.63) is 59.7 Å². The van der Waals surface area contributed by atoms with E-state index in [0.717, 1.165) is 35.1 Å². The molecule has 2 aliphatic carbocycles. The molecule has 0 saturated heterocycles. The van der Waals surface area contributed by atoms with Crippen LogP contribution >= 0.6 is 0 Å². The fourth-order valence-electron chi connectivity index (χ4n) is 3.75. The van der Waals surface area contributed by atoms with E-state index in [2.05, 4.69) is 17.4 Å². The van der Waals surface area contributed by atoms with Gasteiger partial charge in [0.25, 0.3) is 0 Å². The first-order valence-electron chi connectivity index (χ1n) is 10.1. The molecule has 30 heavy (non-hydrogen) atoms. The van der Waals surface area contributed by atoms with Gasteiger partial charge in [0.05, 0.1) is 0 Å². The zero-order valence-electron chi connectivity index (χ0n) is 16.5. The van der Waals surface area contributed by atoms with Crippen molar-refractivity contribution in [1.82, 2.24) is 5.32 Å². The number of fused-ring (bicyclic) bond motifs is 3. The predicted octanol–water partition coefficient (Wildman–Crippen LogP) is 2.86. The topological polar surface area (TPSA) is 108 Å². The standard InChI is InChI=1S/C23H24N2O5/c24-21(26)12-11-20(22(27)30-14-9-10-14)25-23(28)29-13-19-17-7-3-1-5-15(17)16-6-2-4-8-18(16)19/h1-8,14,19-20H,9-13H2,(H2,24,26)(H,25,28)/t20-/m0/s1. The van der Waals surface area contributed by atoms with Crippen LogP contribution in [-0.4, -0.2) is 36.7 Å².